The molecule has 0 aromatic carbocycles. The number of aliphatic carboxylic acids is 1. The van der Waals surface area contributed by atoms with E-state index in [4.69, 9.17) is 10.8 Å². The smallest absolute Gasteiger partial charge is 0.303 e. The molecule has 0 aliphatic heterocycles. The van der Waals surface area contributed by atoms with Crippen molar-refractivity contribution in [2.24, 2.45) is 5.73 Å². The monoisotopic (exact) mass is 316 g/mol. The highest BCUT2D eigenvalue weighted by Crippen LogP contribution is 2.10. The Morgan fingerprint density at radius 3 is 1.64 bits per heavy atom. The van der Waals surface area contributed by atoms with Crippen molar-refractivity contribution in [3.63, 3.8) is 0 Å². The molecule has 0 heterocycles. The molecule has 0 aliphatic rings. The van der Waals surface area contributed by atoms with Crippen molar-refractivity contribution in [2.45, 2.75) is 85.0 Å². The highest BCUT2D eigenvalue weighted by molar-refractivity contribution is 5.66. The lowest BCUT2D eigenvalue weighted by Crippen LogP contribution is -2.28. The number of unbranched alkanes of at least 4 members (excludes halogenated alkanes) is 8. The first kappa shape index (κ1) is 23.7. The van der Waals surface area contributed by atoms with Gasteiger partial charge in [-0.3, -0.25) is 4.79 Å². The van der Waals surface area contributed by atoms with Gasteiger partial charge in [-0.25, -0.2) is 0 Å². The van der Waals surface area contributed by atoms with Crippen LogP contribution in [0.5, 0.6) is 0 Å². The summed E-state index contributed by atoms with van der Waals surface area (Å²) in [5.74, 6) is -0.659. The maximum absolute atomic E-state index is 10.2. The summed E-state index contributed by atoms with van der Waals surface area (Å²) in [7, 11) is 0. The third-order valence-electron chi connectivity index (χ3n) is 3.83. The maximum Gasteiger partial charge on any atom is 0.303 e. The molecular weight excluding hydrogens is 276 g/mol. The second-order valence-electron chi connectivity index (χ2n) is 5.79. The Morgan fingerprint density at radius 1 is 0.864 bits per heavy atom. The molecule has 3 N–H and O–H groups in total. The first-order chi connectivity index (χ1) is 10.6. The highest BCUT2D eigenvalue weighted by atomic mass is 16.4. The van der Waals surface area contributed by atoms with Gasteiger partial charge >= 0.3 is 5.97 Å². The number of likely N-dealkylation sites (N-methyl/N-ethyl adjacent to an activating group) is 1. The second-order valence-corrected chi connectivity index (χ2v) is 5.79. The summed E-state index contributed by atoms with van der Waals surface area (Å²) in [5, 5.41) is 8.41. The molecule has 0 bridgehead atoms. The van der Waals surface area contributed by atoms with Crippen molar-refractivity contribution in [2.75, 3.05) is 26.2 Å². The molecule has 0 saturated heterocycles. The van der Waals surface area contributed by atoms with Crippen LogP contribution in [0.4, 0.5) is 0 Å². The number of rotatable bonds is 14. The van der Waals surface area contributed by atoms with E-state index in [-0.39, 0.29) is 0 Å². The van der Waals surface area contributed by atoms with Gasteiger partial charge in [0.2, 0.25) is 0 Å². The van der Waals surface area contributed by atoms with Crippen LogP contribution in [0.3, 0.4) is 0 Å². The van der Waals surface area contributed by atoms with E-state index in [1.807, 2.05) is 0 Å². The van der Waals surface area contributed by atoms with Crippen LogP contribution in [0.1, 0.15) is 85.0 Å². The highest BCUT2D eigenvalue weighted by Gasteiger charge is 1.96. The summed E-state index contributed by atoms with van der Waals surface area (Å²) < 4.78 is 0. The minimum absolute atomic E-state index is 0.343. The normalized spacial score (nSPS) is 10.4. The lowest BCUT2D eigenvalue weighted by molar-refractivity contribution is -0.137. The zero-order valence-corrected chi connectivity index (χ0v) is 15.3. The zero-order valence-electron chi connectivity index (χ0n) is 15.3. The lowest BCUT2D eigenvalue weighted by Gasteiger charge is -2.15. The molecular formula is C18H40N2O2. The van der Waals surface area contributed by atoms with Gasteiger partial charge in [0.1, 0.15) is 0 Å². The fourth-order valence-electron chi connectivity index (χ4n) is 2.31. The maximum atomic E-state index is 10.2. The van der Waals surface area contributed by atoms with Crippen LogP contribution in [0.2, 0.25) is 0 Å². The first-order valence-corrected chi connectivity index (χ1v) is 9.26. The van der Waals surface area contributed by atoms with E-state index >= 15 is 0 Å². The van der Waals surface area contributed by atoms with Gasteiger partial charge in [-0.2, -0.15) is 0 Å². The van der Waals surface area contributed by atoms with E-state index in [1.165, 1.54) is 44.9 Å². The fraction of sp³-hybridized carbons (Fsp3) is 0.944. The molecule has 0 unspecified atom stereocenters. The lowest BCUT2D eigenvalue weighted by atomic mass is 10.1. The number of nitrogens with zero attached hydrogens (tertiary/aromatic N) is 1. The van der Waals surface area contributed by atoms with Crippen molar-refractivity contribution in [3.8, 4) is 0 Å². The molecule has 0 atom stereocenters. The van der Waals surface area contributed by atoms with E-state index in [0.717, 1.165) is 39.0 Å². The topological polar surface area (TPSA) is 66.6 Å². The average Bonchev–Trinajstić information content (AvgIpc) is 2.51. The summed E-state index contributed by atoms with van der Waals surface area (Å²) in [6.45, 7) is 10.6. The van der Waals surface area contributed by atoms with Crippen molar-refractivity contribution in [1.29, 1.82) is 0 Å². The van der Waals surface area contributed by atoms with Crippen LogP contribution in [0.25, 0.3) is 0 Å². The van der Waals surface area contributed by atoms with E-state index in [1.54, 1.807) is 0 Å². The Kier molecular flexibility index (Phi) is 21.9. The SMILES string of the molecule is CCCCCCCCCCCC(=O)O.CCN(CC)CCN. The molecule has 0 spiro atoms. The molecule has 0 aromatic heterocycles. The van der Waals surface area contributed by atoms with E-state index in [0.29, 0.717) is 6.42 Å². The molecule has 0 saturated carbocycles. The molecule has 0 radical (unpaired) electrons. The third-order valence-corrected chi connectivity index (χ3v) is 3.83. The van der Waals surface area contributed by atoms with Gasteiger partial charge in [0.15, 0.2) is 0 Å². The Hall–Kier alpha value is -0.610. The number of hydrogen-bond acceptors (Lipinski definition) is 3. The Morgan fingerprint density at radius 2 is 1.32 bits per heavy atom. The molecule has 4 nitrogen and oxygen atoms in total. The standard InChI is InChI=1S/C12H24O2.C6H16N2/c1-2-3-4-5-6-7-8-9-10-11-12(13)14;1-3-8(4-2)6-5-7/h2-11H2,1H3,(H,13,14);3-7H2,1-2H3. The van der Waals surface area contributed by atoms with Gasteiger partial charge in [0.25, 0.3) is 0 Å². The minimum atomic E-state index is -0.659. The van der Waals surface area contributed by atoms with Gasteiger partial charge in [-0.15, -0.1) is 0 Å². The Bertz CT molecular complexity index is 219. The number of carbonyl (C=O) groups is 1. The second kappa shape index (κ2) is 20.4. The van der Waals surface area contributed by atoms with Crippen LogP contribution in [0, 0.1) is 0 Å². The summed E-state index contributed by atoms with van der Waals surface area (Å²) in [6, 6.07) is 0. The quantitative estimate of drug-likeness (QED) is 0.469. The van der Waals surface area contributed by atoms with Crippen molar-refractivity contribution in [1.82, 2.24) is 4.90 Å². The molecule has 134 valence electrons. The summed E-state index contributed by atoms with van der Waals surface area (Å²) >= 11 is 0. The predicted molar refractivity (Wildman–Crippen MR) is 96.3 cm³/mol. The van der Waals surface area contributed by atoms with Crippen molar-refractivity contribution >= 4 is 5.97 Å². The molecule has 0 fully saturated rings. The van der Waals surface area contributed by atoms with Gasteiger partial charge in [0, 0.05) is 19.5 Å². The van der Waals surface area contributed by atoms with Crippen molar-refractivity contribution in [3.05, 3.63) is 0 Å². The largest absolute Gasteiger partial charge is 0.481 e. The number of nitrogens with two attached hydrogens (primary N) is 1. The summed E-state index contributed by atoms with van der Waals surface area (Å²) in [5.41, 5.74) is 5.34. The average molecular weight is 317 g/mol. The van der Waals surface area contributed by atoms with E-state index < -0.39 is 5.97 Å². The van der Waals surface area contributed by atoms with Gasteiger partial charge in [-0.1, -0.05) is 72.1 Å². The van der Waals surface area contributed by atoms with Crippen LogP contribution in [-0.4, -0.2) is 42.2 Å². The van der Waals surface area contributed by atoms with Crippen LogP contribution in [0.15, 0.2) is 0 Å². The minimum Gasteiger partial charge on any atom is -0.481 e. The zero-order chi connectivity index (χ0) is 17.1. The van der Waals surface area contributed by atoms with Gasteiger partial charge < -0.3 is 15.7 Å². The van der Waals surface area contributed by atoms with Crippen LogP contribution < -0.4 is 5.73 Å². The van der Waals surface area contributed by atoms with E-state index in [9.17, 15) is 4.79 Å². The number of carboxylic acids is 1. The predicted octanol–water partition coefficient (Wildman–Crippen LogP) is 4.28. The fourth-order valence-corrected chi connectivity index (χ4v) is 2.31. The molecule has 0 aromatic rings. The molecule has 0 rings (SSSR count). The van der Waals surface area contributed by atoms with Crippen molar-refractivity contribution < 1.29 is 9.90 Å². The van der Waals surface area contributed by atoms with Crippen LogP contribution in [-0.2, 0) is 4.79 Å². The summed E-state index contributed by atoms with van der Waals surface area (Å²) in [4.78, 5) is 12.5. The van der Waals surface area contributed by atoms with E-state index in [2.05, 4.69) is 25.7 Å². The third kappa shape index (κ3) is 21.7. The van der Waals surface area contributed by atoms with Crippen LogP contribution >= 0.6 is 0 Å². The molecule has 22 heavy (non-hydrogen) atoms. The summed E-state index contributed by atoms with van der Waals surface area (Å²) in [6.07, 6.45) is 11.5. The Labute approximate surface area is 138 Å². The molecule has 4 heteroatoms. The Balaban J connectivity index is 0. The number of hydrogen-bond donors (Lipinski definition) is 2. The number of carboxylic acid groups (broad SMARTS) is 1. The molecule has 0 amide bonds. The molecule has 0 aliphatic carbocycles. The van der Waals surface area contributed by atoms with Gasteiger partial charge in [-0.05, 0) is 19.5 Å². The first-order valence-electron chi connectivity index (χ1n) is 9.26. The van der Waals surface area contributed by atoms with Gasteiger partial charge in [0.05, 0.1) is 0 Å².